The quantitative estimate of drug-likeness (QED) is 0.282. The number of aliphatic imine (C=N–C) groups is 1. The van der Waals surface area contributed by atoms with E-state index in [1.165, 1.54) is 6.42 Å². The minimum Gasteiger partial charge on any atom is -0.353 e. The average molecular weight is 214 g/mol. The van der Waals surface area contributed by atoms with Gasteiger partial charge in [0.1, 0.15) is 0 Å². The van der Waals surface area contributed by atoms with Gasteiger partial charge in [-0.05, 0) is 33.1 Å². The Bertz CT molecular complexity index is 189. The fraction of sp³-hybridized carbons (Fsp3) is 0.909. The molecule has 0 rings (SSSR count). The molecule has 2 atom stereocenters. The highest BCUT2D eigenvalue weighted by Gasteiger charge is 2.07. The van der Waals surface area contributed by atoms with Crippen LogP contribution < -0.4 is 16.6 Å². The molecule has 0 fully saturated rings. The molecule has 0 bridgehead atoms. The topological polar surface area (TPSA) is 62.4 Å². The summed E-state index contributed by atoms with van der Waals surface area (Å²) in [6.45, 7) is 10.7. The van der Waals surface area contributed by atoms with Gasteiger partial charge < -0.3 is 5.32 Å². The molecule has 0 amide bonds. The van der Waals surface area contributed by atoms with E-state index in [0.717, 1.165) is 6.42 Å². The van der Waals surface area contributed by atoms with Crippen molar-refractivity contribution in [3.8, 4) is 0 Å². The van der Waals surface area contributed by atoms with Crippen molar-refractivity contribution >= 4 is 5.96 Å². The summed E-state index contributed by atoms with van der Waals surface area (Å²) in [5.41, 5.74) is 2.59. The highest BCUT2D eigenvalue weighted by molar-refractivity contribution is 5.79. The molecule has 0 saturated heterocycles. The number of nitrogens with two attached hydrogens (primary N) is 1. The summed E-state index contributed by atoms with van der Waals surface area (Å²) < 4.78 is 0. The average Bonchev–Trinajstić information content (AvgIpc) is 2.15. The second-order valence-electron chi connectivity index (χ2n) is 4.52. The molecule has 0 aromatic heterocycles. The maximum absolute atomic E-state index is 5.39. The van der Waals surface area contributed by atoms with Crippen LogP contribution in [0, 0.1) is 5.92 Å². The van der Waals surface area contributed by atoms with Gasteiger partial charge in [-0.25, -0.2) is 10.8 Å². The number of guanidine groups is 1. The SMILES string of the molecule is CCC(C)CC(C)N=C(NN)NC(C)C. The Morgan fingerprint density at radius 3 is 2.27 bits per heavy atom. The molecule has 4 N–H and O–H groups in total. The van der Waals surface area contributed by atoms with Gasteiger partial charge in [0.25, 0.3) is 0 Å². The molecule has 15 heavy (non-hydrogen) atoms. The first-order valence-electron chi connectivity index (χ1n) is 5.80. The number of rotatable bonds is 5. The maximum Gasteiger partial charge on any atom is 0.206 e. The van der Waals surface area contributed by atoms with Crippen molar-refractivity contribution in [3.05, 3.63) is 0 Å². The van der Waals surface area contributed by atoms with Gasteiger partial charge in [-0.1, -0.05) is 20.3 Å². The second kappa shape index (κ2) is 7.51. The van der Waals surface area contributed by atoms with Gasteiger partial charge in [0, 0.05) is 6.04 Å². The van der Waals surface area contributed by atoms with E-state index in [9.17, 15) is 0 Å². The third-order valence-electron chi connectivity index (χ3n) is 2.35. The van der Waals surface area contributed by atoms with Crippen LogP contribution in [0.4, 0.5) is 0 Å². The van der Waals surface area contributed by atoms with Gasteiger partial charge in [-0.3, -0.25) is 5.43 Å². The third kappa shape index (κ3) is 7.19. The summed E-state index contributed by atoms with van der Waals surface area (Å²) in [4.78, 5) is 4.49. The largest absolute Gasteiger partial charge is 0.353 e. The van der Waals surface area contributed by atoms with Crippen molar-refractivity contribution in [2.75, 3.05) is 0 Å². The molecule has 0 aliphatic carbocycles. The van der Waals surface area contributed by atoms with E-state index < -0.39 is 0 Å². The molecule has 4 heteroatoms. The monoisotopic (exact) mass is 214 g/mol. The van der Waals surface area contributed by atoms with Crippen LogP contribution in [0.15, 0.2) is 4.99 Å². The lowest BCUT2D eigenvalue weighted by Gasteiger charge is -2.16. The van der Waals surface area contributed by atoms with Crippen molar-refractivity contribution in [3.63, 3.8) is 0 Å². The van der Waals surface area contributed by atoms with E-state index in [1.807, 2.05) is 0 Å². The molecule has 2 unspecified atom stereocenters. The van der Waals surface area contributed by atoms with Gasteiger partial charge in [0.2, 0.25) is 5.96 Å². The molecule has 0 radical (unpaired) electrons. The van der Waals surface area contributed by atoms with Gasteiger partial charge >= 0.3 is 0 Å². The molecular weight excluding hydrogens is 188 g/mol. The molecule has 0 heterocycles. The third-order valence-corrected chi connectivity index (χ3v) is 2.35. The smallest absolute Gasteiger partial charge is 0.206 e. The van der Waals surface area contributed by atoms with E-state index in [2.05, 4.69) is 50.4 Å². The molecule has 90 valence electrons. The summed E-state index contributed by atoms with van der Waals surface area (Å²) in [7, 11) is 0. The van der Waals surface area contributed by atoms with Crippen LogP contribution in [0.2, 0.25) is 0 Å². The lowest BCUT2D eigenvalue weighted by Crippen LogP contribution is -2.45. The van der Waals surface area contributed by atoms with Crippen LogP contribution in [0.25, 0.3) is 0 Å². The summed E-state index contributed by atoms with van der Waals surface area (Å²) in [5.74, 6) is 6.78. The molecule has 0 aromatic carbocycles. The van der Waals surface area contributed by atoms with Crippen LogP contribution in [-0.4, -0.2) is 18.0 Å². The normalized spacial score (nSPS) is 16.3. The number of hydrogen-bond acceptors (Lipinski definition) is 2. The van der Waals surface area contributed by atoms with Crippen LogP contribution in [0.3, 0.4) is 0 Å². The Balaban J connectivity index is 4.16. The standard InChI is InChI=1S/C11H26N4/c1-6-9(4)7-10(5)14-11(15-12)13-8(2)3/h8-10H,6-7,12H2,1-5H3,(H2,13,14,15). The zero-order valence-corrected chi connectivity index (χ0v) is 10.7. The molecule has 4 nitrogen and oxygen atoms in total. The first-order chi connectivity index (χ1) is 6.99. The zero-order chi connectivity index (χ0) is 11.8. The number of nitrogens with zero attached hydrogens (tertiary/aromatic N) is 1. The molecule has 0 aliphatic rings. The Kier molecular flexibility index (Phi) is 7.13. The van der Waals surface area contributed by atoms with Gasteiger partial charge in [-0.15, -0.1) is 0 Å². The molecule has 0 aliphatic heterocycles. The van der Waals surface area contributed by atoms with Crippen molar-refractivity contribution in [1.82, 2.24) is 10.7 Å². The van der Waals surface area contributed by atoms with E-state index in [0.29, 0.717) is 24.0 Å². The summed E-state index contributed by atoms with van der Waals surface area (Å²) in [6.07, 6.45) is 2.30. The Labute approximate surface area is 93.7 Å². The lowest BCUT2D eigenvalue weighted by atomic mass is 10.0. The summed E-state index contributed by atoms with van der Waals surface area (Å²) >= 11 is 0. The second-order valence-corrected chi connectivity index (χ2v) is 4.52. The fourth-order valence-electron chi connectivity index (χ4n) is 1.41. The summed E-state index contributed by atoms with van der Waals surface area (Å²) in [6, 6.07) is 0.646. The lowest BCUT2D eigenvalue weighted by molar-refractivity contribution is 0.468. The molecule has 0 spiro atoms. The molecule has 0 aromatic rings. The van der Waals surface area contributed by atoms with E-state index in [4.69, 9.17) is 5.84 Å². The van der Waals surface area contributed by atoms with Crippen molar-refractivity contribution < 1.29 is 0 Å². The number of nitrogens with one attached hydrogen (secondary N) is 2. The van der Waals surface area contributed by atoms with E-state index >= 15 is 0 Å². The van der Waals surface area contributed by atoms with Crippen molar-refractivity contribution in [2.24, 2.45) is 16.8 Å². The van der Waals surface area contributed by atoms with Gasteiger partial charge in [0.15, 0.2) is 0 Å². The molecule has 0 saturated carbocycles. The van der Waals surface area contributed by atoms with Crippen LogP contribution in [-0.2, 0) is 0 Å². The number of hydrogen-bond donors (Lipinski definition) is 3. The highest BCUT2D eigenvalue weighted by Crippen LogP contribution is 2.11. The van der Waals surface area contributed by atoms with E-state index in [1.54, 1.807) is 0 Å². The first-order valence-corrected chi connectivity index (χ1v) is 5.80. The first kappa shape index (κ1) is 14.2. The Morgan fingerprint density at radius 2 is 1.87 bits per heavy atom. The number of hydrazine groups is 1. The predicted molar refractivity (Wildman–Crippen MR) is 66.6 cm³/mol. The van der Waals surface area contributed by atoms with Crippen LogP contribution in [0.1, 0.15) is 47.5 Å². The fourth-order valence-corrected chi connectivity index (χ4v) is 1.41. The van der Waals surface area contributed by atoms with Gasteiger partial charge in [0.05, 0.1) is 6.04 Å². The summed E-state index contributed by atoms with van der Waals surface area (Å²) in [5, 5.41) is 3.17. The van der Waals surface area contributed by atoms with E-state index in [-0.39, 0.29) is 0 Å². The Hall–Kier alpha value is -0.770. The predicted octanol–water partition coefficient (Wildman–Crippen LogP) is 1.63. The van der Waals surface area contributed by atoms with Crippen LogP contribution >= 0.6 is 0 Å². The van der Waals surface area contributed by atoms with Gasteiger partial charge in [-0.2, -0.15) is 0 Å². The van der Waals surface area contributed by atoms with Crippen molar-refractivity contribution in [2.45, 2.75) is 59.5 Å². The molecular formula is C11H26N4. The van der Waals surface area contributed by atoms with Crippen molar-refractivity contribution in [1.29, 1.82) is 0 Å². The highest BCUT2D eigenvalue weighted by atomic mass is 15.3. The van der Waals surface area contributed by atoms with Crippen LogP contribution in [0.5, 0.6) is 0 Å². The zero-order valence-electron chi connectivity index (χ0n) is 10.7. The minimum atomic E-state index is 0.303. The maximum atomic E-state index is 5.39. The minimum absolute atomic E-state index is 0.303. The Morgan fingerprint density at radius 1 is 1.27 bits per heavy atom.